The Morgan fingerprint density at radius 2 is 1.27 bits per heavy atom. The van der Waals surface area contributed by atoms with Gasteiger partial charge in [-0.1, -0.05) is 44.2 Å². The Kier molecular flexibility index (Phi) is 17.3. The molecule has 1 aromatic carbocycles. The summed E-state index contributed by atoms with van der Waals surface area (Å²) < 4.78 is 48.3. The maximum atomic E-state index is 11.1. The predicted molar refractivity (Wildman–Crippen MR) is 194 cm³/mol. The van der Waals surface area contributed by atoms with Crippen LogP contribution >= 0.6 is 12.4 Å². The van der Waals surface area contributed by atoms with Crippen LogP contribution < -0.4 is 9.13 Å². The number of hydrogen-bond acceptors (Lipinski definition) is 6. The molecule has 0 radical (unpaired) electrons. The molecule has 0 saturated carbocycles. The van der Waals surface area contributed by atoms with Crippen molar-refractivity contribution in [3.05, 3.63) is 126 Å². The molecule has 0 N–H and O–H groups in total. The van der Waals surface area contributed by atoms with E-state index in [1.165, 1.54) is 22.3 Å². The second-order valence-corrected chi connectivity index (χ2v) is 14.3. The van der Waals surface area contributed by atoms with E-state index in [-0.39, 0.29) is 24.1 Å². The largest absolute Gasteiger partial charge is 0.748 e. The SMILES string of the molecule is CCC(CC(CC(CC(C)c1ccccc1)c1cc[n+](CCOCCOC)cc1)c1cc[n+](CCCS(=O)(=O)[O-])cc1)c1ccncc1.Cl. The fourth-order valence-electron chi connectivity index (χ4n) is 6.56. The molecule has 0 aliphatic heterocycles. The number of hydrogen-bond donors (Lipinski definition) is 0. The van der Waals surface area contributed by atoms with Crippen LogP contribution in [0.25, 0.3) is 0 Å². The van der Waals surface area contributed by atoms with Gasteiger partial charge in [0, 0.05) is 55.9 Å². The summed E-state index contributed by atoms with van der Waals surface area (Å²) in [4.78, 5) is 4.26. The first-order valence-electron chi connectivity index (χ1n) is 17.2. The highest BCUT2D eigenvalue weighted by Gasteiger charge is 2.26. The summed E-state index contributed by atoms with van der Waals surface area (Å²) in [6.45, 7) is 7.69. The number of aryl methyl sites for hydroxylation is 1. The summed E-state index contributed by atoms with van der Waals surface area (Å²) in [6, 6.07) is 24.0. The van der Waals surface area contributed by atoms with Crippen LogP contribution in [0.4, 0.5) is 0 Å². The van der Waals surface area contributed by atoms with Crippen LogP contribution in [0.2, 0.25) is 0 Å². The monoisotopic (exact) mass is 710 g/mol. The third-order valence-electron chi connectivity index (χ3n) is 9.33. The Balaban J connectivity index is 0.00000650. The first-order valence-corrected chi connectivity index (χ1v) is 18.8. The summed E-state index contributed by atoms with van der Waals surface area (Å²) in [5, 5.41) is 0. The highest BCUT2D eigenvalue weighted by molar-refractivity contribution is 7.85. The third kappa shape index (κ3) is 13.9. The predicted octanol–water partition coefficient (Wildman–Crippen LogP) is 6.71. The molecule has 3 heterocycles. The van der Waals surface area contributed by atoms with Crippen molar-refractivity contribution < 1.29 is 31.6 Å². The van der Waals surface area contributed by atoms with Gasteiger partial charge in [-0.2, -0.15) is 0 Å². The van der Waals surface area contributed by atoms with Gasteiger partial charge in [0.05, 0.1) is 23.3 Å². The molecule has 0 amide bonds. The molecular weight excluding hydrogens is 658 g/mol. The summed E-state index contributed by atoms with van der Waals surface area (Å²) in [5.74, 6) is 1.02. The van der Waals surface area contributed by atoms with Crippen molar-refractivity contribution in [3.8, 4) is 0 Å². The molecule has 0 bridgehead atoms. The Hall–Kier alpha value is -3.21. The molecule has 4 unspecified atom stereocenters. The Morgan fingerprint density at radius 1 is 0.714 bits per heavy atom. The zero-order chi connectivity index (χ0) is 34.2. The average Bonchev–Trinajstić information content (AvgIpc) is 3.10. The summed E-state index contributed by atoms with van der Waals surface area (Å²) in [7, 11) is -2.54. The van der Waals surface area contributed by atoms with Gasteiger partial charge in [-0.15, -0.1) is 12.4 Å². The van der Waals surface area contributed by atoms with Gasteiger partial charge >= 0.3 is 0 Å². The molecule has 3 aromatic heterocycles. The molecule has 0 spiro atoms. The topological polar surface area (TPSA) is 96.3 Å². The first-order chi connectivity index (χ1) is 23.3. The standard InChI is InChI=1S/C39H52N3O5S.ClH/c1-4-33(35-11-17-40-18-12-35)30-39(37-13-20-41(21-14-37)19-8-28-48(43,44)45)31-38(29-32(2)34-9-6-5-7-10-34)36-15-22-42(23-16-36)24-25-47-27-26-46-3;/h5-7,9-18,20-23,32-33,38-39H,4,8,19,24-31H2,1-3H3;1H/q+1;. The van der Waals surface area contributed by atoms with Crippen molar-refractivity contribution in [2.24, 2.45) is 0 Å². The van der Waals surface area contributed by atoms with Crippen molar-refractivity contribution in [3.63, 3.8) is 0 Å². The number of ether oxygens (including phenoxy) is 2. The number of benzene rings is 1. The lowest BCUT2D eigenvalue weighted by atomic mass is 9.75. The van der Waals surface area contributed by atoms with Crippen LogP contribution in [-0.2, 0) is 32.7 Å². The number of rotatable bonds is 21. The minimum absolute atomic E-state index is 0. The molecular formula is C39H53ClN3O5S+. The lowest BCUT2D eigenvalue weighted by Gasteiger charge is -2.29. The van der Waals surface area contributed by atoms with Gasteiger partial charge in [-0.05, 0) is 83.7 Å². The Labute approximate surface area is 299 Å². The lowest BCUT2D eigenvalue weighted by molar-refractivity contribution is -0.698. The van der Waals surface area contributed by atoms with Gasteiger partial charge in [0.1, 0.15) is 13.2 Å². The molecule has 10 heteroatoms. The van der Waals surface area contributed by atoms with E-state index in [9.17, 15) is 13.0 Å². The van der Waals surface area contributed by atoms with Crippen LogP contribution in [0.5, 0.6) is 0 Å². The molecule has 4 rings (SSSR count). The zero-order valence-corrected chi connectivity index (χ0v) is 30.7. The summed E-state index contributed by atoms with van der Waals surface area (Å²) in [5.41, 5.74) is 5.26. The second-order valence-electron chi connectivity index (χ2n) is 12.8. The zero-order valence-electron chi connectivity index (χ0n) is 29.1. The van der Waals surface area contributed by atoms with Gasteiger partial charge in [0.15, 0.2) is 31.3 Å². The van der Waals surface area contributed by atoms with E-state index in [1.807, 2.05) is 29.4 Å². The number of aromatic nitrogens is 3. The maximum Gasteiger partial charge on any atom is 0.171 e. The molecule has 0 aliphatic rings. The average molecular weight is 711 g/mol. The van der Waals surface area contributed by atoms with E-state index in [0.717, 1.165) is 32.2 Å². The van der Waals surface area contributed by atoms with E-state index in [4.69, 9.17) is 9.47 Å². The second kappa shape index (κ2) is 21.1. The van der Waals surface area contributed by atoms with Crippen LogP contribution in [-0.4, -0.2) is 50.6 Å². The molecule has 8 nitrogen and oxygen atoms in total. The van der Waals surface area contributed by atoms with Gasteiger partial charge in [0.25, 0.3) is 0 Å². The molecule has 4 aromatic rings. The number of pyridine rings is 3. The van der Waals surface area contributed by atoms with Gasteiger partial charge < -0.3 is 14.0 Å². The van der Waals surface area contributed by atoms with E-state index < -0.39 is 10.1 Å². The van der Waals surface area contributed by atoms with Gasteiger partial charge in [0.2, 0.25) is 0 Å². The molecule has 0 aliphatic carbocycles. The lowest BCUT2D eigenvalue weighted by Crippen LogP contribution is -2.35. The first kappa shape index (κ1) is 40.2. The van der Waals surface area contributed by atoms with Crippen molar-refractivity contribution in [1.29, 1.82) is 0 Å². The fraction of sp³-hybridized carbons (Fsp3) is 0.462. The number of methoxy groups -OCH3 is 1. The smallest absolute Gasteiger partial charge is 0.171 e. The molecule has 49 heavy (non-hydrogen) atoms. The van der Waals surface area contributed by atoms with E-state index in [2.05, 4.69) is 103 Å². The van der Waals surface area contributed by atoms with Crippen molar-refractivity contribution in [1.82, 2.24) is 4.98 Å². The van der Waals surface area contributed by atoms with Crippen molar-refractivity contribution in [2.45, 2.75) is 82.7 Å². The highest BCUT2D eigenvalue weighted by Crippen LogP contribution is 2.41. The van der Waals surface area contributed by atoms with Crippen LogP contribution in [0.3, 0.4) is 0 Å². The van der Waals surface area contributed by atoms with Crippen LogP contribution in [0.1, 0.15) is 91.9 Å². The van der Waals surface area contributed by atoms with Gasteiger partial charge in [-0.3, -0.25) is 4.98 Å². The number of nitrogens with zero attached hydrogens (tertiary/aromatic N) is 3. The minimum atomic E-state index is -4.22. The highest BCUT2D eigenvalue weighted by atomic mass is 35.5. The molecule has 0 fully saturated rings. The van der Waals surface area contributed by atoms with Gasteiger partial charge in [-0.25, -0.2) is 17.6 Å². The van der Waals surface area contributed by atoms with Crippen LogP contribution in [0.15, 0.2) is 104 Å². The van der Waals surface area contributed by atoms with E-state index in [0.29, 0.717) is 50.5 Å². The van der Waals surface area contributed by atoms with E-state index >= 15 is 0 Å². The van der Waals surface area contributed by atoms with Crippen molar-refractivity contribution in [2.75, 3.05) is 32.7 Å². The van der Waals surface area contributed by atoms with E-state index in [1.54, 1.807) is 7.11 Å². The number of halogens is 1. The molecule has 266 valence electrons. The molecule has 4 atom stereocenters. The third-order valence-corrected chi connectivity index (χ3v) is 10.1. The maximum absolute atomic E-state index is 11.1. The fourth-order valence-corrected chi connectivity index (χ4v) is 7.04. The Morgan fingerprint density at radius 3 is 1.84 bits per heavy atom. The van der Waals surface area contributed by atoms with Crippen LogP contribution in [0, 0.1) is 0 Å². The van der Waals surface area contributed by atoms with Crippen molar-refractivity contribution >= 4 is 22.5 Å². The normalized spacial score (nSPS) is 14.0. The minimum Gasteiger partial charge on any atom is -0.748 e. The quantitative estimate of drug-likeness (QED) is 0.0542. The Bertz CT molecular complexity index is 1580. The summed E-state index contributed by atoms with van der Waals surface area (Å²) in [6.07, 6.45) is 16.5. The summed E-state index contributed by atoms with van der Waals surface area (Å²) >= 11 is 0. The molecule has 0 saturated heterocycles.